The Balaban J connectivity index is 1.55. The van der Waals surface area contributed by atoms with Gasteiger partial charge in [-0.15, -0.1) is 0 Å². The first-order valence-electron chi connectivity index (χ1n) is 8.26. The van der Waals surface area contributed by atoms with Crippen molar-refractivity contribution in [3.63, 3.8) is 0 Å². The molecule has 1 aliphatic rings. The molecule has 27 heavy (non-hydrogen) atoms. The summed E-state index contributed by atoms with van der Waals surface area (Å²) in [5.41, 5.74) is 1.99. The van der Waals surface area contributed by atoms with Crippen molar-refractivity contribution in [2.24, 2.45) is 5.92 Å². The highest BCUT2D eigenvalue weighted by Gasteiger charge is 2.41. The molecule has 0 radical (unpaired) electrons. The highest BCUT2D eigenvalue weighted by Crippen LogP contribution is 2.28. The number of H-pyrrole nitrogens is 1. The van der Waals surface area contributed by atoms with E-state index >= 15 is 0 Å². The summed E-state index contributed by atoms with van der Waals surface area (Å²) in [6.07, 6.45) is 1.69. The van der Waals surface area contributed by atoms with E-state index in [4.69, 9.17) is 0 Å². The van der Waals surface area contributed by atoms with Crippen molar-refractivity contribution in [3.8, 4) is 0 Å². The van der Waals surface area contributed by atoms with Crippen LogP contribution in [0.25, 0.3) is 10.9 Å². The van der Waals surface area contributed by atoms with E-state index in [0.29, 0.717) is 11.3 Å². The summed E-state index contributed by atoms with van der Waals surface area (Å²) in [7, 11) is -3.66. The number of anilines is 2. The second kappa shape index (κ2) is 6.20. The Bertz CT molecular complexity index is 1150. The zero-order chi connectivity index (χ0) is 19.2. The second-order valence-electron chi connectivity index (χ2n) is 6.46. The van der Waals surface area contributed by atoms with E-state index in [1.165, 1.54) is 24.3 Å². The molecule has 1 fully saturated rings. The van der Waals surface area contributed by atoms with Crippen LogP contribution in [0.5, 0.6) is 0 Å². The third-order valence-electron chi connectivity index (χ3n) is 4.42. The second-order valence-corrected chi connectivity index (χ2v) is 8.32. The summed E-state index contributed by atoms with van der Waals surface area (Å²) in [5, 5.41) is 10.5. The molecule has 1 aliphatic heterocycles. The summed E-state index contributed by atoms with van der Waals surface area (Å²) in [5.74, 6) is -1.58. The molecule has 1 unspecified atom stereocenters. The maximum Gasteiger partial charge on any atom is 0.255 e. The zero-order valence-electron chi connectivity index (χ0n) is 14.3. The van der Waals surface area contributed by atoms with Gasteiger partial charge in [-0.05, 0) is 42.5 Å². The molecular weight excluding hydrogens is 368 g/mol. The third kappa shape index (κ3) is 3.06. The number of aromatic amines is 1. The van der Waals surface area contributed by atoms with Gasteiger partial charge >= 0.3 is 0 Å². The van der Waals surface area contributed by atoms with E-state index < -0.39 is 21.8 Å². The quantitative estimate of drug-likeness (QED) is 0.718. The van der Waals surface area contributed by atoms with Crippen molar-refractivity contribution in [1.82, 2.24) is 10.2 Å². The SMILES string of the molecule is CC1CS(=O)(=O)N(c2ccc(C(=O)Nc3ccc4cn[nH]c4c3)cc2)C1=O. The highest BCUT2D eigenvalue weighted by molar-refractivity contribution is 7.94. The first kappa shape index (κ1) is 17.2. The summed E-state index contributed by atoms with van der Waals surface area (Å²) >= 11 is 0. The Morgan fingerprint density at radius 1 is 1.22 bits per heavy atom. The van der Waals surface area contributed by atoms with E-state index in [0.717, 1.165) is 15.2 Å². The van der Waals surface area contributed by atoms with Crippen LogP contribution in [0.1, 0.15) is 17.3 Å². The van der Waals surface area contributed by atoms with E-state index in [2.05, 4.69) is 15.5 Å². The van der Waals surface area contributed by atoms with Gasteiger partial charge in [0, 0.05) is 16.6 Å². The van der Waals surface area contributed by atoms with Crippen LogP contribution in [0.15, 0.2) is 48.7 Å². The number of fused-ring (bicyclic) bond motifs is 1. The van der Waals surface area contributed by atoms with Crippen LogP contribution >= 0.6 is 0 Å². The number of carbonyl (C=O) groups is 2. The molecular formula is C18H16N4O4S. The fourth-order valence-electron chi connectivity index (χ4n) is 3.05. The fraction of sp³-hybridized carbons (Fsp3) is 0.167. The highest BCUT2D eigenvalue weighted by atomic mass is 32.2. The summed E-state index contributed by atoms with van der Waals surface area (Å²) in [6, 6.07) is 11.3. The number of hydrogen-bond donors (Lipinski definition) is 2. The molecule has 2 aromatic carbocycles. The number of benzene rings is 2. The largest absolute Gasteiger partial charge is 0.322 e. The van der Waals surface area contributed by atoms with Crippen molar-refractivity contribution < 1.29 is 18.0 Å². The Labute approximate surface area is 155 Å². The van der Waals surface area contributed by atoms with Gasteiger partial charge in [0.15, 0.2) is 0 Å². The molecule has 8 nitrogen and oxygen atoms in total. The molecule has 0 bridgehead atoms. The lowest BCUT2D eigenvalue weighted by Gasteiger charge is -2.15. The van der Waals surface area contributed by atoms with Crippen LogP contribution in [-0.2, 0) is 14.8 Å². The smallest absolute Gasteiger partial charge is 0.255 e. The van der Waals surface area contributed by atoms with Crippen LogP contribution in [0.4, 0.5) is 11.4 Å². The third-order valence-corrected chi connectivity index (χ3v) is 6.29. The predicted molar refractivity (Wildman–Crippen MR) is 101 cm³/mol. The molecule has 3 aromatic rings. The Hall–Kier alpha value is -3.20. The van der Waals surface area contributed by atoms with Crippen LogP contribution in [0, 0.1) is 5.92 Å². The average Bonchev–Trinajstić information content (AvgIpc) is 3.16. The molecule has 9 heteroatoms. The average molecular weight is 384 g/mol. The van der Waals surface area contributed by atoms with Gasteiger partial charge in [-0.2, -0.15) is 5.10 Å². The van der Waals surface area contributed by atoms with E-state index in [1.807, 2.05) is 6.07 Å². The van der Waals surface area contributed by atoms with Crippen molar-refractivity contribution >= 4 is 44.1 Å². The van der Waals surface area contributed by atoms with Gasteiger partial charge in [0.2, 0.25) is 15.9 Å². The summed E-state index contributed by atoms with van der Waals surface area (Å²) < 4.78 is 25.1. The number of aromatic nitrogens is 2. The number of sulfonamides is 1. The molecule has 1 aromatic heterocycles. The molecule has 2 amide bonds. The lowest BCUT2D eigenvalue weighted by molar-refractivity contribution is -0.119. The van der Waals surface area contributed by atoms with Gasteiger partial charge in [-0.3, -0.25) is 14.7 Å². The molecule has 4 rings (SSSR count). The predicted octanol–water partition coefficient (Wildman–Crippen LogP) is 2.13. The lowest BCUT2D eigenvalue weighted by Crippen LogP contribution is -2.30. The summed E-state index contributed by atoms with van der Waals surface area (Å²) in [4.78, 5) is 24.6. The molecule has 0 spiro atoms. The number of rotatable bonds is 3. The van der Waals surface area contributed by atoms with Gasteiger partial charge in [-0.25, -0.2) is 12.7 Å². The van der Waals surface area contributed by atoms with Gasteiger partial charge in [-0.1, -0.05) is 6.92 Å². The number of amides is 2. The van der Waals surface area contributed by atoms with Gasteiger partial charge in [0.25, 0.3) is 5.91 Å². The van der Waals surface area contributed by atoms with E-state index in [-0.39, 0.29) is 17.3 Å². The molecule has 1 atom stereocenters. The number of hydrogen-bond acceptors (Lipinski definition) is 5. The van der Waals surface area contributed by atoms with Crippen LogP contribution in [0.2, 0.25) is 0 Å². The minimum Gasteiger partial charge on any atom is -0.322 e. The summed E-state index contributed by atoms with van der Waals surface area (Å²) in [6.45, 7) is 1.58. The molecule has 0 saturated carbocycles. The van der Waals surface area contributed by atoms with Crippen LogP contribution in [-0.4, -0.2) is 36.2 Å². The maximum absolute atomic E-state index is 12.4. The zero-order valence-corrected chi connectivity index (χ0v) is 15.2. The standard InChI is InChI=1S/C18H16N4O4S/c1-11-10-27(25,26)22(18(11)24)15-6-3-12(4-7-15)17(23)20-14-5-2-13-9-19-21-16(13)8-14/h2-9,11H,10H2,1H3,(H,19,21)(H,20,23). The number of carbonyl (C=O) groups excluding carboxylic acids is 2. The van der Waals surface area contributed by atoms with E-state index in [9.17, 15) is 18.0 Å². The van der Waals surface area contributed by atoms with Gasteiger partial charge in [0.1, 0.15) is 0 Å². The normalized spacial score (nSPS) is 18.8. The number of nitrogens with one attached hydrogen (secondary N) is 2. The van der Waals surface area contributed by atoms with Crippen molar-refractivity contribution in [2.45, 2.75) is 6.92 Å². The van der Waals surface area contributed by atoms with Crippen molar-refractivity contribution in [2.75, 3.05) is 15.4 Å². The van der Waals surface area contributed by atoms with Gasteiger partial charge < -0.3 is 5.32 Å². The molecule has 2 heterocycles. The molecule has 138 valence electrons. The first-order chi connectivity index (χ1) is 12.8. The van der Waals surface area contributed by atoms with Crippen molar-refractivity contribution in [1.29, 1.82) is 0 Å². The maximum atomic E-state index is 12.4. The molecule has 2 N–H and O–H groups in total. The Morgan fingerprint density at radius 3 is 2.63 bits per heavy atom. The van der Waals surface area contributed by atoms with Gasteiger partial charge in [0.05, 0.1) is 29.1 Å². The van der Waals surface area contributed by atoms with Crippen LogP contribution in [0.3, 0.4) is 0 Å². The van der Waals surface area contributed by atoms with E-state index in [1.54, 1.807) is 25.3 Å². The Morgan fingerprint density at radius 2 is 1.96 bits per heavy atom. The first-order valence-corrected chi connectivity index (χ1v) is 9.87. The topological polar surface area (TPSA) is 112 Å². The number of nitrogens with zero attached hydrogens (tertiary/aromatic N) is 2. The molecule has 0 aliphatic carbocycles. The minimum absolute atomic E-state index is 0.204. The van der Waals surface area contributed by atoms with Crippen LogP contribution < -0.4 is 9.62 Å². The monoisotopic (exact) mass is 384 g/mol. The molecule has 1 saturated heterocycles. The minimum atomic E-state index is -3.66. The fourth-order valence-corrected chi connectivity index (χ4v) is 4.87. The van der Waals surface area contributed by atoms with Crippen molar-refractivity contribution in [3.05, 3.63) is 54.2 Å². The Kier molecular flexibility index (Phi) is 3.96. The lowest BCUT2D eigenvalue weighted by atomic mass is 10.1.